The Kier molecular flexibility index (Phi) is 7.07. The summed E-state index contributed by atoms with van der Waals surface area (Å²) >= 11 is 0. The second kappa shape index (κ2) is 9.89. The van der Waals surface area contributed by atoms with Crippen molar-refractivity contribution in [3.8, 4) is 0 Å². The van der Waals surface area contributed by atoms with Crippen LogP contribution in [0.4, 0.5) is 17.6 Å². The van der Waals surface area contributed by atoms with Gasteiger partial charge in [0.25, 0.3) is 0 Å². The van der Waals surface area contributed by atoms with Crippen LogP contribution in [0.15, 0.2) is 60.9 Å². The molecular weight excluding hydrogens is 464 g/mol. The maximum Gasteiger partial charge on any atom is 0.343 e. The molecule has 1 aliphatic heterocycles. The highest BCUT2D eigenvalue weighted by molar-refractivity contribution is 5.81. The number of aliphatic hydroxyl groups is 1. The smallest absolute Gasteiger partial charge is 0.343 e. The third kappa shape index (κ3) is 5.29. The molecule has 0 aromatic heterocycles. The molecule has 188 valence electrons. The van der Waals surface area contributed by atoms with Gasteiger partial charge in [-0.25, -0.2) is 22.4 Å². The van der Waals surface area contributed by atoms with Crippen LogP contribution >= 0.6 is 0 Å². The van der Waals surface area contributed by atoms with Gasteiger partial charge in [-0.05, 0) is 25.0 Å². The van der Waals surface area contributed by atoms with Gasteiger partial charge in [-0.2, -0.15) is 0 Å². The number of alkyl halides is 2. The zero-order valence-electron chi connectivity index (χ0n) is 19.3. The van der Waals surface area contributed by atoms with Crippen molar-refractivity contribution in [1.82, 2.24) is 9.80 Å². The minimum atomic E-state index is -2.93. The maximum atomic E-state index is 14.0. The number of ether oxygens (including phenoxy) is 1. The van der Waals surface area contributed by atoms with E-state index in [1.54, 1.807) is 30.6 Å². The van der Waals surface area contributed by atoms with Crippen molar-refractivity contribution >= 4 is 5.97 Å². The van der Waals surface area contributed by atoms with E-state index in [2.05, 4.69) is 0 Å². The molecule has 1 aliphatic carbocycles. The van der Waals surface area contributed by atoms with E-state index in [1.807, 2.05) is 16.7 Å². The Hall–Kier alpha value is -3.07. The van der Waals surface area contributed by atoms with Crippen LogP contribution in [-0.4, -0.2) is 46.1 Å². The quantitative estimate of drug-likeness (QED) is 0.425. The van der Waals surface area contributed by atoms with Gasteiger partial charge in [-0.15, -0.1) is 0 Å². The molecule has 0 spiro atoms. The Balaban J connectivity index is 1.37. The molecule has 9 heteroatoms. The van der Waals surface area contributed by atoms with E-state index >= 15 is 0 Å². The number of hydrogen-bond donors (Lipinski definition) is 1. The highest BCUT2D eigenvalue weighted by Crippen LogP contribution is 2.47. The molecule has 0 radical (unpaired) electrons. The predicted octanol–water partition coefficient (Wildman–Crippen LogP) is 4.77. The van der Waals surface area contributed by atoms with Gasteiger partial charge in [-0.3, -0.25) is 0 Å². The molecule has 5 nitrogen and oxygen atoms in total. The molecule has 2 aliphatic rings. The number of carbonyl (C=O) groups excluding carboxylic acids is 1. The minimum Gasteiger partial charge on any atom is -0.461 e. The molecule has 0 amide bonds. The van der Waals surface area contributed by atoms with Crippen molar-refractivity contribution in [2.45, 2.75) is 50.4 Å². The third-order valence-electron chi connectivity index (χ3n) is 6.88. The summed E-state index contributed by atoms with van der Waals surface area (Å²) in [6.07, 6.45) is 2.36. The summed E-state index contributed by atoms with van der Waals surface area (Å²) in [5.41, 5.74) is -1.59. The van der Waals surface area contributed by atoms with Crippen molar-refractivity contribution in [3.05, 3.63) is 83.7 Å². The van der Waals surface area contributed by atoms with Gasteiger partial charge in [-0.1, -0.05) is 36.4 Å². The fraction of sp³-hybridized carbons (Fsp3) is 0.423. The van der Waals surface area contributed by atoms with Crippen LogP contribution in [0.3, 0.4) is 0 Å². The van der Waals surface area contributed by atoms with E-state index in [0.29, 0.717) is 5.56 Å². The largest absolute Gasteiger partial charge is 0.461 e. The number of hydrogen-bond acceptors (Lipinski definition) is 5. The SMILES string of the molecule is CC1N(CCOC(=O)[C@](O)(c2ccccc2)[C@@H]2CCC(F)(F)C2)C=CN1Cc1ccc(F)cc1F. The van der Waals surface area contributed by atoms with Crippen LogP contribution < -0.4 is 0 Å². The van der Waals surface area contributed by atoms with Gasteiger partial charge in [0.05, 0.1) is 12.7 Å². The lowest BCUT2D eigenvalue weighted by molar-refractivity contribution is -0.175. The molecule has 4 rings (SSSR count). The normalized spacial score (nSPS) is 22.9. The first-order valence-corrected chi connectivity index (χ1v) is 11.6. The van der Waals surface area contributed by atoms with Crippen LogP contribution in [0.1, 0.15) is 37.3 Å². The first-order chi connectivity index (χ1) is 16.6. The van der Waals surface area contributed by atoms with Crippen LogP contribution in [0.2, 0.25) is 0 Å². The Morgan fingerprint density at radius 1 is 1.14 bits per heavy atom. The molecule has 0 saturated heterocycles. The zero-order valence-corrected chi connectivity index (χ0v) is 19.3. The van der Waals surface area contributed by atoms with Gasteiger partial charge in [0.1, 0.15) is 18.2 Å². The van der Waals surface area contributed by atoms with E-state index in [9.17, 15) is 27.5 Å². The molecule has 1 N–H and O–H groups in total. The highest BCUT2D eigenvalue weighted by Gasteiger charge is 2.54. The molecule has 2 aromatic carbocycles. The van der Waals surface area contributed by atoms with E-state index < -0.39 is 41.5 Å². The summed E-state index contributed by atoms with van der Waals surface area (Å²) in [4.78, 5) is 16.8. The average molecular weight is 493 g/mol. The molecule has 1 heterocycles. The first-order valence-electron chi connectivity index (χ1n) is 11.6. The third-order valence-corrected chi connectivity index (χ3v) is 6.88. The maximum absolute atomic E-state index is 14.0. The Bertz CT molecular complexity index is 1080. The van der Waals surface area contributed by atoms with Crippen molar-refractivity contribution in [1.29, 1.82) is 0 Å². The lowest BCUT2D eigenvalue weighted by Gasteiger charge is -2.33. The zero-order chi connectivity index (χ0) is 25.2. The monoisotopic (exact) mass is 492 g/mol. The van der Waals surface area contributed by atoms with Crippen LogP contribution in [0, 0.1) is 17.6 Å². The number of benzene rings is 2. The molecule has 1 fully saturated rings. The van der Waals surface area contributed by atoms with Crippen LogP contribution in [-0.2, 0) is 21.7 Å². The van der Waals surface area contributed by atoms with Crippen molar-refractivity contribution in [2.75, 3.05) is 13.2 Å². The van der Waals surface area contributed by atoms with Crippen molar-refractivity contribution in [3.63, 3.8) is 0 Å². The first kappa shape index (κ1) is 25.0. The van der Waals surface area contributed by atoms with Crippen LogP contribution in [0.25, 0.3) is 0 Å². The van der Waals surface area contributed by atoms with E-state index in [4.69, 9.17) is 4.74 Å². The predicted molar refractivity (Wildman–Crippen MR) is 121 cm³/mol. The topological polar surface area (TPSA) is 53.0 Å². The van der Waals surface area contributed by atoms with Crippen molar-refractivity contribution < 1.29 is 32.2 Å². The fourth-order valence-electron chi connectivity index (χ4n) is 4.78. The summed E-state index contributed by atoms with van der Waals surface area (Å²) in [5, 5.41) is 11.4. The Labute approximate surface area is 201 Å². The van der Waals surface area contributed by atoms with E-state index in [-0.39, 0.29) is 44.3 Å². The standard InChI is InChI=1S/C26H28F4N2O3/c1-18-31(11-12-32(18)17-19-7-8-22(27)15-23(19)28)13-14-35-24(33)26(34,20-5-3-2-4-6-20)21-9-10-25(29,30)16-21/h2-8,11-12,15,18,21,34H,9-10,13-14,16-17H2,1H3/t18?,21-,26+/m1/s1. The summed E-state index contributed by atoms with van der Waals surface area (Å²) in [5.74, 6) is -6.12. The average Bonchev–Trinajstić information content (AvgIpc) is 3.37. The Morgan fingerprint density at radius 3 is 2.51 bits per heavy atom. The molecule has 1 saturated carbocycles. The summed E-state index contributed by atoms with van der Waals surface area (Å²) in [7, 11) is 0. The van der Waals surface area contributed by atoms with Gasteiger partial charge >= 0.3 is 5.97 Å². The second-order valence-corrected chi connectivity index (χ2v) is 9.14. The number of rotatable bonds is 8. The molecule has 2 aromatic rings. The summed E-state index contributed by atoms with van der Waals surface area (Å²) in [6, 6.07) is 11.5. The molecule has 1 unspecified atom stereocenters. The second-order valence-electron chi connectivity index (χ2n) is 9.14. The van der Waals surface area contributed by atoms with Gasteiger partial charge in [0.15, 0.2) is 5.60 Å². The Morgan fingerprint density at radius 2 is 1.86 bits per heavy atom. The van der Waals surface area contributed by atoms with Gasteiger partial charge < -0.3 is 19.6 Å². The number of halogens is 4. The summed E-state index contributed by atoms with van der Waals surface area (Å²) in [6.45, 7) is 2.30. The number of carbonyl (C=O) groups is 1. The highest BCUT2D eigenvalue weighted by atomic mass is 19.3. The molecule has 3 atom stereocenters. The molecular formula is C26H28F4N2O3. The number of nitrogens with zero attached hydrogens (tertiary/aromatic N) is 2. The molecule has 0 bridgehead atoms. The van der Waals surface area contributed by atoms with Gasteiger partial charge in [0.2, 0.25) is 5.92 Å². The van der Waals surface area contributed by atoms with Gasteiger partial charge in [0, 0.05) is 49.3 Å². The molecule has 35 heavy (non-hydrogen) atoms. The number of esters is 1. The fourth-order valence-corrected chi connectivity index (χ4v) is 4.78. The van der Waals surface area contributed by atoms with E-state index in [1.165, 1.54) is 24.3 Å². The van der Waals surface area contributed by atoms with E-state index in [0.717, 1.165) is 6.07 Å². The van der Waals surface area contributed by atoms with Crippen molar-refractivity contribution in [2.24, 2.45) is 5.92 Å². The van der Waals surface area contributed by atoms with Crippen LogP contribution in [0.5, 0.6) is 0 Å². The minimum absolute atomic E-state index is 0.00823. The lowest BCUT2D eigenvalue weighted by Crippen LogP contribution is -2.45. The summed E-state index contributed by atoms with van der Waals surface area (Å²) < 4.78 is 60.4. The lowest BCUT2D eigenvalue weighted by atomic mass is 9.80.